The molecule has 0 unspecified atom stereocenters. The number of anilines is 1. The van der Waals surface area contributed by atoms with Gasteiger partial charge in [0.05, 0.1) is 5.39 Å². The first-order chi connectivity index (χ1) is 12.7. The van der Waals surface area contributed by atoms with Crippen LogP contribution in [0.5, 0.6) is 11.6 Å². The first-order valence-electron chi connectivity index (χ1n) is 8.03. The van der Waals surface area contributed by atoms with Gasteiger partial charge in [-0.05, 0) is 54.8 Å². The van der Waals surface area contributed by atoms with Gasteiger partial charge in [-0.1, -0.05) is 17.7 Å². The van der Waals surface area contributed by atoms with Crippen LogP contribution in [-0.4, -0.2) is 15.9 Å². The number of amides is 1. The van der Waals surface area contributed by atoms with E-state index in [0.29, 0.717) is 22.9 Å². The van der Waals surface area contributed by atoms with Crippen molar-refractivity contribution in [2.75, 3.05) is 5.32 Å². The van der Waals surface area contributed by atoms with E-state index in [-0.39, 0.29) is 5.91 Å². The van der Waals surface area contributed by atoms with Crippen LogP contribution in [0.4, 0.5) is 5.69 Å². The molecule has 0 spiro atoms. The maximum Gasteiger partial charge on any atom is 0.255 e. The zero-order valence-corrected chi connectivity index (χ0v) is 14.8. The van der Waals surface area contributed by atoms with Gasteiger partial charge in [0.25, 0.3) is 5.91 Å². The summed E-state index contributed by atoms with van der Waals surface area (Å²) in [4.78, 5) is 21.6. The van der Waals surface area contributed by atoms with E-state index < -0.39 is 0 Å². The van der Waals surface area contributed by atoms with Gasteiger partial charge in [0, 0.05) is 11.3 Å². The lowest BCUT2D eigenvalue weighted by atomic mass is 10.1. The van der Waals surface area contributed by atoms with Gasteiger partial charge in [-0.3, -0.25) is 4.79 Å². The minimum atomic E-state index is -0.141. The number of benzene rings is 2. The number of rotatable bonds is 4. The Kier molecular flexibility index (Phi) is 4.33. The van der Waals surface area contributed by atoms with E-state index in [0.717, 1.165) is 15.8 Å². The van der Waals surface area contributed by atoms with Gasteiger partial charge in [-0.25, -0.2) is 9.97 Å². The number of carbonyl (C=O) groups excluding carboxylic acids is 1. The molecule has 4 aromatic rings. The Bertz CT molecular complexity index is 1070. The molecule has 1 amide bonds. The molecule has 2 heterocycles. The average molecular weight is 361 g/mol. The lowest BCUT2D eigenvalue weighted by molar-refractivity contribution is 0.102. The molecule has 5 nitrogen and oxygen atoms in total. The summed E-state index contributed by atoms with van der Waals surface area (Å²) in [5.74, 6) is 1.02. The van der Waals surface area contributed by atoms with Crippen molar-refractivity contribution in [2.45, 2.75) is 6.92 Å². The molecule has 0 aliphatic rings. The van der Waals surface area contributed by atoms with Crippen LogP contribution in [0.1, 0.15) is 15.9 Å². The third-order valence-electron chi connectivity index (χ3n) is 3.83. The number of hydrogen-bond donors (Lipinski definition) is 1. The Labute approximate surface area is 154 Å². The summed E-state index contributed by atoms with van der Waals surface area (Å²) in [7, 11) is 0. The van der Waals surface area contributed by atoms with Crippen molar-refractivity contribution in [3.63, 3.8) is 0 Å². The van der Waals surface area contributed by atoms with Crippen LogP contribution in [-0.2, 0) is 0 Å². The van der Waals surface area contributed by atoms with Crippen molar-refractivity contribution in [1.29, 1.82) is 0 Å². The first-order valence-corrected chi connectivity index (χ1v) is 8.91. The van der Waals surface area contributed by atoms with E-state index in [1.807, 2.05) is 36.6 Å². The van der Waals surface area contributed by atoms with E-state index in [2.05, 4.69) is 15.3 Å². The Hall–Kier alpha value is -3.25. The number of carbonyl (C=O) groups is 1. The molecule has 0 radical (unpaired) electrons. The zero-order valence-electron chi connectivity index (χ0n) is 14.0. The van der Waals surface area contributed by atoms with Crippen molar-refractivity contribution in [3.05, 3.63) is 77.4 Å². The molecule has 0 saturated heterocycles. The minimum Gasteiger partial charge on any atom is -0.438 e. The van der Waals surface area contributed by atoms with Gasteiger partial charge < -0.3 is 10.1 Å². The molecule has 0 bridgehead atoms. The van der Waals surface area contributed by atoms with Crippen molar-refractivity contribution < 1.29 is 9.53 Å². The quantitative estimate of drug-likeness (QED) is 0.553. The van der Waals surface area contributed by atoms with Gasteiger partial charge >= 0.3 is 0 Å². The second-order valence-electron chi connectivity index (χ2n) is 5.77. The number of nitrogens with one attached hydrogen (secondary N) is 1. The molecule has 2 aromatic carbocycles. The Morgan fingerprint density at radius 3 is 2.73 bits per heavy atom. The Morgan fingerprint density at radius 1 is 1.08 bits per heavy atom. The van der Waals surface area contributed by atoms with Gasteiger partial charge in [0.2, 0.25) is 5.88 Å². The average Bonchev–Trinajstić information content (AvgIpc) is 3.13. The predicted molar refractivity (Wildman–Crippen MR) is 103 cm³/mol. The number of nitrogens with zero attached hydrogens (tertiary/aromatic N) is 2. The van der Waals surface area contributed by atoms with Crippen LogP contribution in [0.25, 0.3) is 10.2 Å². The fourth-order valence-electron chi connectivity index (χ4n) is 2.56. The van der Waals surface area contributed by atoms with Crippen LogP contribution in [0, 0.1) is 6.92 Å². The molecular weight excluding hydrogens is 346 g/mol. The highest BCUT2D eigenvalue weighted by Crippen LogP contribution is 2.29. The summed E-state index contributed by atoms with van der Waals surface area (Å²) in [6.45, 7) is 1.96. The lowest BCUT2D eigenvalue weighted by Gasteiger charge is -2.08. The SMILES string of the molecule is Cc1cccc(C(=O)Nc2ccc(Oc3ncnc4sccc34)cc2)c1. The predicted octanol–water partition coefficient (Wildman–Crippen LogP) is 5.04. The number of aryl methyl sites for hydroxylation is 1. The number of hydrogen-bond acceptors (Lipinski definition) is 5. The van der Waals surface area contributed by atoms with Crippen LogP contribution in [0.15, 0.2) is 66.3 Å². The van der Waals surface area contributed by atoms with Gasteiger partial charge in [0.1, 0.15) is 16.9 Å². The fraction of sp³-hybridized carbons (Fsp3) is 0.0500. The number of aromatic nitrogens is 2. The van der Waals surface area contributed by atoms with Crippen molar-refractivity contribution >= 4 is 33.1 Å². The van der Waals surface area contributed by atoms with Crippen molar-refractivity contribution in [1.82, 2.24) is 9.97 Å². The number of ether oxygens (including phenoxy) is 1. The van der Waals surface area contributed by atoms with Crippen molar-refractivity contribution in [2.24, 2.45) is 0 Å². The van der Waals surface area contributed by atoms with E-state index in [1.165, 1.54) is 6.33 Å². The molecule has 0 saturated carbocycles. The Balaban J connectivity index is 1.48. The van der Waals surface area contributed by atoms with Gasteiger partial charge in [-0.15, -0.1) is 11.3 Å². The van der Waals surface area contributed by atoms with Crippen LogP contribution >= 0.6 is 11.3 Å². The van der Waals surface area contributed by atoms with Gasteiger partial charge in [-0.2, -0.15) is 0 Å². The smallest absolute Gasteiger partial charge is 0.255 e. The Morgan fingerprint density at radius 2 is 1.92 bits per heavy atom. The molecule has 0 aliphatic heterocycles. The summed E-state index contributed by atoms with van der Waals surface area (Å²) in [6.07, 6.45) is 1.49. The third kappa shape index (κ3) is 3.41. The number of thiophene rings is 1. The molecule has 0 fully saturated rings. The molecule has 0 aliphatic carbocycles. The van der Waals surface area contributed by atoms with Crippen molar-refractivity contribution in [3.8, 4) is 11.6 Å². The van der Waals surface area contributed by atoms with Gasteiger partial charge in [0.15, 0.2) is 0 Å². The van der Waals surface area contributed by atoms with E-state index in [9.17, 15) is 4.79 Å². The molecule has 128 valence electrons. The molecule has 4 rings (SSSR count). The topological polar surface area (TPSA) is 64.1 Å². The van der Waals surface area contributed by atoms with E-state index >= 15 is 0 Å². The minimum absolute atomic E-state index is 0.141. The largest absolute Gasteiger partial charge is 0.438 e. The van der Waals surface area contributed by atoms with E-state index in [4.69, 9.17) is 4.74 Å². The maximum absolute atomic E-state index is 12.3. The maximum atomic E-state index is 12.3. The summed E-state index contributed by atoms with van der Waals surface area (Å²) in [5.41, 5.74) is 2.38. The van der Waals surface area contributed by atoms with Crippen LogP contribution < -0.4 is 10.1 Å². The molecule has 6 heteroatoms. The second kappa shape index (κ2) is 6.93. The summed E-state index contributed by atoms with van der Waals surface area (Å²) >= 11 is 1.54. The molecule has 0 atom stereocenters. The molecule has 1 N–H and O–H groups in total. The molecule has 2 aromatic heterocycles. The highest BCUT2D eigenvalue weighted by atomic mass is 32.1. The monoisotopic (exact) mass is 361 g/mol. The second-order valence-corrected chi connectivity index (χ2v) is 6.66. The molecule has 26 heavy (non-hydrogen) atoms. The zero-order chi connectivity index (χ0) is 17.9. The normalized spacial score (nSPS) is 10.7. The lowest BCUT2D eigenvalue weighted by Crippen LogP contribution is -2.11. The molecular formula is C20H15N3O2S. The first kappa shape index (κ1) is 16.2. The standard InChI is InChI=1S/C20H15N3O2S/c1-13-3-2-4-14(11-13)18(24)23-15-5-7-16(8-6-15)25-19-17-9-10-26-20(17)22-12-21-19/h2-12H,1H3,(H,23,24). The summed E-state index contributed by atoms with van der Waals surface area (Å²) in [5, 5.41) is 5.72. The highest BCUT2D eigenvalue weighted by molar-refractivity contribution is 7.16. The fourth-order valence-corrected chi connectivity index (χ4v) is 3.28. The number of fused-ring (bicyclic) bond motifs is 1. The van der Waals surface area contributed by atoms with Crippen LogP contribution in [0.3, 0.4) is 0 Å². The van der Waals surface area contributed by atoms with Crippen LogP contribution in [0.2, 0.25) is 0 Å². The third-order valence-corrected chi connectivity index (χ3v) is 4.65. The van der Waals surface area contributed by atoms with E-state index in [1.54, 1.807) is 41.7 Å². The summed E-state index contributed by atoms with van der Waals surface area (Å²) < 4.78 is 5.85. The summed E-state index contributed by atoms with van der Waals surface area (Å²) in [6, 6.07) is 16.6. The highest BCUT2D eigenvalue weighted by Gasteiger charge is 2.09.